The molecule has 1 aliphatic heterocycles. The zero-order chi connectivity index (χ0) is 15.5. The van der Waals surface area contributed by atoms with Crippen molar-refractivity contribution in [1.82, 2.24) is 14.7 Å². The summed E-state index contributed by atoms with van der Waals surface area (Å²) in [5.41, 5.74) is 8.37. The first-order valence-corrected chi connectivity index (χ1v) is 7.90. The summed E-state index contributed by atoms with van der Waals surface area (Å²) >= 11 is 0. The summed E-state index contributed by atoms with van der Waals surface area (Å²) in [6.45, 7) is 4.32. The third-order valence-electron chi connectivity index (χ3n) is 4.52. The van der Waals surface area contributed by atoms with Crippen LogP contribution < -0.4 is 10.5 Å². The molecule has 2 N–H and O–H groups in total. The number of nitrogen functional groups attached to an aromatic ring is 1. The van der Waals surface area contributed by atoms with Gasteiger partial charge < -0.3 is 10.5 Å². The van der Waals surface area contributed by atoms with Gasteiger partial charge in [0.25, 0.3) is 0 Å². The van der Waals surface area contributed by atoms with Crippen LogP contribution in [0.4, 0.5) is 5.82 Å². The standard InChI is InChI=1S/C17H24N4O/c1-13-5-3-4-10-20(13)12-14-11-19-21(17(14)18)15-6-8-16(22-2)9-7-15/h6-9,11,13H,3-5,10,12,18H2,1-2H3. The Morgan fingerprint density at radius 2 is 2.05 bits per heavy atom. The average Bonchev–Trinajstić information content (AvgIpc) is 2.91. The van der Waals surface area contributed by atoms with Gasteiger partial charge in [-0.15, -0.1) is 0 Å². The molecule has 0 spiro atoms. The highest BCUT2D eigenvalue weighted by atomic mass is 16.5. The van der Waals surface area contributed by atoms with Gasteiger partial charge in [0, 0.05) is 18.2 Å². The van der Waals surface area contributed by atoms with Crippen LogP contribution in [0.1, 0.15) is 31.7 Å². The van der Waals surface area contributed by atoms with Crippen molar-refractivity contribution in [3.63, 3.8) is 0 Å². The minimum absolute atomic E-state index is 0.623. The van der Waals surface area contributed by atoms with Gasteiger partial charge in [0.1, 0.15) is 11.6 Å². The number of aromatic nitrogens is 2. The third kappa shape index (κ3) is 2.95. The van der Waals surface area contributed by atoms with E-state index in [9.17, 15) is 0 Å². The minimum Gasteiger partial charge on any atom is -0.497 e. The molecule has 1 aromatic carbocycles. The van der Waals surface area contributed by atoms with Gasteiger partial charge in [-0.3, -0.25) is 4.90 Å². The molecule has 1 saturated heterocycles. The maximum atomic E-state index is 6.31. The molecule has 0 saturated carbocycles. The molecule has 1 aliphatic rings. The zero-order valence-corrected chi connectivity index (χ0v) is 13.3. The molecule has 1 atom stereocenters. The van der Waals surface area contributed by atoms with Crippen molar-refractivity contribution in [2.45, 2.75) is 38.8 Å². The SMILES string of the molecule is COc1ccc(-n2ncc(CN3CCCCC3C)c2N)cc1. The summed E-state index contributed by atoms with van der Waals surface area (Å²) in [6, 6.07) is 8.40. The van der Waals surface area contributed by atoms with Crippen LogP contribution in [0.5, 0.6) is 5.75 Å². The first kappa shape index (κ1) is 14.9. The van der Waals surface area contributed by atoms with Gasteiger partial charge in [0.15, 0.2) is 0 Å². The predicted octanol–water partition coefficient (Wildman–Crippen LogP) is 2.84. The molecular weight excluding hydrogens is 276 g/mol. The predicted molar refractivity (Wildman–Crippen MR) is 88.3 cm³/mol. The van der Waals surface area contributed by atoms with Crippen LogP contribution in [-0.2, 0) is 6.54 Å². The maximum absolute atomic E-state index is 6.31. The van der Waals surface area contributed by atoms with Crippen molar-refractivity contribution >= 4 is 5.82 Å². The second kappa shape index (κ2) is 6.40. The molecule has 118 valence electrons. The Morgan fingerprint density at radius 3 is 2.73 bits per heavy atom. The van der Waals surface area contributed by atoms with E-state index < -0.39 is 0 Å². The molecule has 2 aromatic rings. The first-order valence-electron chi connectivity index (χ1n) is 7.90. The Morgan fingerprint density at radius 1 is 1.27 bits per heavy atom. The number of piperidine rings is 1. The van der Waals surface area contributed by atoms with Crippen molar-refractivity contribution in [2.24, 2.45) is 0 Å². The summed E-state index contributed by atoms with van der Waals surface area (Å²) in [6.07, 6.45) is 5.77. The van der Waals surface area contributed by atoms with Crippen molar-refractivity contribution in [3.8, 4) is 11.4 Å². The van der Waals surface area contributed by atoms with Gasteiger partial charge in [0.05, 0.1) is 19.0 Å². The van der Waals surface area contributed by atoms with Gasteiger partial charge in [0.2, 0.25) is 0 Å². The largest absolute Gasteiger partial charge is 0.497 e. The molecule has 0 radical (unpaired) electrons. The van der Waals surface area contributed by atoms with Crippen LogP contribution in [-0.4, -0.2) is 34.4 Å². The lowest BCUT2D eigenvalue weighted by atomic mass is 10.0. The quantitative estimate of drug-likeness (QED) is 0.943. The van der Waals surface area contributed by atoms with E-state index in [0.717, 1.165) is 35.9 Å². The van der Waals surface area contributed by atoms with E-state index >= 15 is 0 Å². The molecule has 1 unspecified atom stereocenters. The number of benzene rings is 1. The fourth-order valence-electron chi connectivity index (χ4n) is 3.05. The number of hydrogen-bond acceptors (Lipinski definition) is 4. The van der Waals surface area contributed by atoms with E-state index in [4.69, 9.17) is 10.5 Å². The molecule has 1 aromatic heterocycles. The average molecular weight is 300 g/mol. The number of ether oxygens (including phenoxy) is 1. The molecule has 2 heterocycles. The smallest absolute Gasteiger partial charge is 0.131 e. The second-order valence-corrected chi connectivity index (χ2v) is 5.98. The van der Waals surface area contributed by atoms with Crippen LogP contribution in [0.2, 0.25) is 0 Å². The van der Waals surface area contributed by atoms with Gasteiger partial charge >= 0.3 is 0 Å². The topological polar surface area (TPSA) is 56.3 Å². The molecular formula is C17H24N4O. The molecule has 0 aliphatic carbocycles. The monoisotopic (exact) mass is 300 g/mol. The van der Waals surface area contributed by atoms with Crippen molar-refractivity contribution in [3.05, 3.63) is 36.0 Å². The molecule has 22 heavy (non-hydrogen) atoms. The number of nitrogens with two attached hydrogens (primary N) is 1. The molecule has 5 nitrogen and oxygen atoms in total. The van der Waals surface area contributed by atoms with E-state index in [0.29, 0.717) is 6.04 Å². The van der Waals surface area contributed by atoms with Crippen LogP contribution in [0.3, 0.4) is 0 Å². The number of rotatable bonds is 4. The zero-order valence-electron chi connectivity index (χ0n) is 13.3. The number of methoxy groups -OCH3 is 1. The summed E-state index contributed by atoms with van der Waals surface area (Å²) < 4.78 is 6.98. The Kier molecular flexibility index (Phi) is 4.34. The van der Waals surface area contributed by atoms with Crippen LogP contribution in [0.15, 0.2) is 30.5 Å². The lowest BCUT2D eigenvalue weighted by Crippen LogP contribution is -2.36. The summed E-state index contributed by atoms with van der Waals surface area (Å²) in [5.74, 6) is 1.56. The third-order valence-corrected chi connectivity index (χ3v) is 4.52. The van der Waals surface area contributed by atoms with Gasteiger partial charge in [-0.05, 0) is 50.6 Å². The van der Waals surface area contributed by atoms with Crippen molar-refractivity contribution in [2.75, 3.05) is 19.4 Å². The molecule has 5 heteroatoms. The highest BCUT2D eigenvalue weighted by Gasteiger charge is 2.20. The van der Waals surface area contributed by atoms with E-state index in [1.54, 1.807) is 11.8 Å². The normalized spacial score (nSPS) is 19.3. The Balaban J connectivity index is 1.78. The molecule has 0 bridgehead atoms. The fourth-order valence-corrected chi connectivity index (χ4v) is 3.05. The van der Waals surface area contributed by atoms with Gasteiger partial charge in [-0.1, -0.05) is 6.42 Å². The van der Waals surface area contributed by atoms with Crippen LogP contribution in [0, 0.1) is 0 Å². The minimum atomic E-state index is 0.623. The van der Waals surface area contributed by atoms with Crippen molar-refractivity contribution in [1.29, 1.82) is 0 Å². The molecule has 0 amide bonds. The van der Waals surface area contributed by atoms with E-state index in [1.165, 1.54) is 19.3 Å². The first-order chi connectivity index (χ1) is 10.7. The summed E-state index contributed by atoms with van der Waals surface area (Å²) in [4.78, 5) is 2.50. The van der Waals surface area contributed by atoms with E-state index in [1.807, 2.05) is 30.5 Å². The molecule has 3 rings (SSSR count). The number of likely N-dealkylation sites (tertiary alicyclic amines) is 1. The summed E-state index contributed by atoms with van der Waals surface area (Å²) in [7, 11) is 1.66. The van der Waals surface area contributed by atoms with Crippen LogP contribution in [0.25, 0.3) is 5.69 Å². The van der Waals surface area contributed by atoms with Crippen LogP contribution >= 0.6 is 0 Å². The lowest BCUT2D eigenvalue weighted by molar-refractivity contribution is 0.153. The van der Waals surface area contributed by atoms with E-state index in [-0.39, 0.29) is 0 Å². The van der Waals surface area contributed by atoms with E-state index in [2.05, 4.69) is 16.9 Å². The second-order valence-electron chi connectivity index (χ2n) is 5.98. The highest BCUT2D eigenvalue weighted by molar-refractivity contribution is 5.48. The van der Waals surface area contributed by atoms with Gasteiger partial charge in [-0.2, -0.15) is 5.10 Å². The molecule has 1 fully saturated rings. The summed E-state index contributed by atoms with van der Waals surface area (Å²) in [5, 5.41) is 4.46. The Bertz CT molecular complexity index is 620. The van der Waals surface area contributed by atoms with Gasteiger partial charge in [-0.25, -0.2) is 4.68 Å². The number of anilines is 1. The lowest BCUT2D eigenvalue weighted by Gasteiger charge is -2.33. The number of hydrogen-bond donors (Lipinski definition) is 1. The fraction of sp³-hybridized carbons (Fsp3) is 0.471. The Hall–Kier alpha value is -2.01. The van der Waals surface area contributed by atoms with Crippen molar-refractivity contribution < 1.29 is 4.74 Å². The number of nitrogens with zero attached hydrogens (tertiary/aromatic N) is 3. The highest BCUT2D eigenvalue weighted by Crippen LogP contribution is 2.24. The Labute approximate surface area is 131 Å². The maximum Gasteiger partial charge on any atom is 0.131 e.